The van der Waals surface area contributed by atoms with Crippen LogP contribution < -0.4 is 40.1 Å². The van der Waals surface area contributed by atoms with Crippen molar-refractivity contribution in [1.29, 1.82) is 0 Å². The fraction of sp³-hybridized carbons (Fsp3) is 0.0667. The van der Waals surface area contributed by atoms with Gasteiger partial charge in [0.2, 0.25) is 0 Å². The Hall–Kier alpha value is -0.530. The number of fused-ring (bicyclic) bond motifs is 1. The molecule has 0 aliphatic heterocycles. The van der Waals surface area contributed by atoms with Gasteiger partial charge in [-0.05, 0) is 6.07 Å². The molecule has 3 rings (SSSR count). The minimum Gasteiger partial charge on any atom is -0.550 e. The molecule has 9 heteroatoms. The van der Waals surface area contributed by atoms with Gasteiger partial charge < -0.3 is 14.3 Å². The molecule has 0 saturated heterocycles. The molecule has 0 bridgehead atoms. The van der Waals surface area contributed by atoms with Gasteiger partial charge in [0.1, 0.15) is 20.0 Å². The zero-order chi connectivity index (χ0) is 16.7. The molecule has 0 spiro atoms. The minimum absolute atomic E-state index is 0. The number of hydrogen-bond acceptors (Lipinski definition) is 5. The van der Waals surface area contributed by atoms with Crippen LogP contribution in [0.25, 0.3) is 22.3 Å². The summed E-state index contributed by atoms with van der Waals surface area (Å²) < 4.78 is 6.28. The van der Waals surface area contributed by atoms with Crippen LogP contribution >= 0.6 is 46.1 Å². The van der Waals surface area contributed by atoms with Crippen molar-refractivity contribution in [3.8, 4) is 11.3 Å². The van der Waals surface area contributed by atoms with Gasteiger partial charge >= 0.3 is 29.6 Å². The van der Waals surface area contributed by atoms with E-state index in [1.807, 2.05) is 0 Å². The third-order valence-corrected chi connectivity index (χ3v) is 5.38. The van der Waals surface area contributed by atoms with E-state index in [2.05, 4.69) is 0 Å². The smallest absolute Gasteiger partial charge is 0.550 e. The van der Waals surface area contributed by atoms with Crippen molar-refractivity contribution in [1.82, 2.24) is 0 Å². The Bertz CT molecular complexity index is 996. The van der Waals surface area contributed by atoms with E-state index in [9.17, 15) is 14.7 Å². The van der Waals surface area contributed by atoms with Crippen LogP contribution in [0, 0.1) is 0 Å². The zero-order valence-corrected chi connectivity index (χ0v) is 17.3. The van der Waals surface area contributed by atoms with Gasteiger partial charge in [0.05, 0.1) is 16.0 Å². The molecule has 0 N–H and O–H groups in total. The first-order valence-corrected chi connectivity index (χ1v) is 8.22. The third-order valence-electron chi connectivity index (χ3n) is 3.19. The standard InChI is InChI=1S/C15H7Cl3O4S.Na/c16-12-11(14(17)23-15(12)18)9-5-8(19)7-3-1-2-6(4-10(20)21)13(7)22-9;/h1-3,5H,4H2,(H,20,21);/q;+1/p-1. The van der Waals surface area contributed by atoms with Gasteiger partial charge in [0.15, 0.2) is 5.43 Å². The Morgan fingerprint density at radius 3 is 2.50 bits per heavy atom. The van der Waals surface area contributed by atoms with Crippen molar-refractivity contribution in [2.24, 2.45) is 0 Å². The van der Waals surface area contributed by atoms with E-state index in [1.54, 1.807) is 18.2 Å². The van der Waals surface area contributed by atoms with Crippen molar-refractivity contribution in [3.63, 3.8) is 0 Å². The maximum atomic E-state index is 12.3. The van der Waals surface area contributed by atoms with E-state index in [0.29, 0.717) is 11.1 Å². The van der Waals surface area contributed by atoms with Crippen LogP contribution in [0.3, 0.4) is 0 Å². The quantitative estimate of drug-likeness (QED) is 0.597. The maximum Gasteiger partial charge on any atom is 1.00 e. The predicted molar refractivity (Wildman–Crippen MR) is 89.5 cm³/mol. The van der Waals surface area contributed by atoms with Crippen LogP contribution in [0.2, 0.25) is 13.7 Å². The van der Waals surface area contributed by atoms with Crippen molar-refractivity contribution in [2.45, 2.75) is 6.42 Å². The molecule has 0 unspecified atom stereocenters. The number of carboxylic acids is 1. The molecule has 0 aliphatic carbocycles. The largest absolute Gasteiger partial charge is 1.00 e. The Balaban J connectivity index is 0.00000208. The van der Waals surface area contributed by atoms with Crippen LogP contribution in [-0.4, -0.2) is 5.97 Å². The van der Waals surface area contributed by atoms with Crippen LogP contribution in [0.15, 0.2) is 33.5 Å². The van der Waals surface area contributed by atoms with E-state index in [4.69, 9.17) is 39.2 Å². The van der Waals surface area contributed by atoms with Crippen LogP contribution in [-0.2, 0) is 11.2 Å². The first kappa shape index (κ1) is 19.8. The molecular formula is C15H6Cl3NaO4S. The number of thiophene rings is 1. The SMILES string of the molecule is O=C([O-])Cc1cccc2c(=O)cc(-c3c(Cl)sc(Cl)c3Cl)oc12.[Na+]. The maximum absolute atomic E-state index is 12.3. The second-order valence-corrected chi connectivity index (χ2v) is 7.26. The monoisotopic (exact) mass is 410 g/mol. The van der Waals surface area contributed by atoms with E-state index < -0.39 is 5.97 Å². The fourth-order valence-corrected chi connectivity index (χ4v) is 4.14. The molecule has 0 radical (unpaired) electrons. The molecule has 0 fully saturated rings. The Morgan fingerprint density at radius 1 is 1.21 bits per heavy atom. The molecule has 2 aromatic heterocycles. The van der Waals surface area contributed by atoms with Gasteiger partial charge in [0, 0.05) is 24.0 Å². The van der Waals surface area contributed by atoms with E-state index in [1.165, 1.54) is 6.07 Å². The van der Waals surface area contributed by atoms with Crippen LogP contribution in [0.4, 0.5) is 0 Å². The summed E-state index contributed by atoms with van der Waals surface area (Å²) in [4.78, 5) is 23.2. The number of rotatable bonds is 3. The Morgan fingerprint density at radius 2 is 1.92 bits per heavy atom. The predicted octanol–water partition coefficient (Wildman–Crippen LogP) is 0.778. The summed E-state index contributed by atoms with van der Waals surface area (Å²) >= 11 is 19.2. The van der Waals surface area contributed by atoms with Crippen LogP contribution in [0.5, 0.6) is 0 Å². The van der Waals surface area contributed by atoms with Gasteiger partial charge in [0.25, 0.3) is 0 Å². The first-order valence-electron chi connectivity index (χ1n) is 6.27. The summed E-state index contributed by atoms with van der Waals surface area (Å²) in [6.45, 7) is 0. The van der Waals surface area contributed by atoms with E-state index in [-0.39, 0.29) is 71.8 Å². The summed E-state index contributed by atoms with van der Waals surface area (Å²) in [5, 5.41) is 11.3. The molecule has 0 aliphatic rings. The zero-order valence-electron chi connectivity index (χ0n) is 12.2. The summed E-state index contributed by atoms with van der Waals surface area (Å²) in [5.41, 5.74) is 0.463. The van der Waals surface area contributed by atoms with Gasteiger partial charge in [-0.1, -0.05) is 46.9 Å². The summed E-state index contributed by atoms with van der Waals surface area (Å²) in [6.07, 6.45) is -0.379. The van der Waals surface area contributed by atoms with Crippen molar-refractivity contribution in [2.75, 3.05) is 0 Å². The van der Waals surface area contributed by atoms with Crippen LogP contribution in [0.1, 0.15) is 5.56 Å². The number of halogens is 3. The molecule has 0 saturated carbocycles. The van der Waals surface area contributed by atoms with Gasteiger partial charge in [-0.15, -0.1) is 11.3 Å². The fourth-order valence-electron chi connectivity index (χ4n) is 2.22. The molecule has 4 nitrogen and oxygen atoms in total. The van der Waals surface area contributed by atoms with Crippen molar-refractivity contribution >= 4 is 63.1 Å². The summed E-state index contributed by atoms with van der Waals surface area (Å²) in [7, 11) is 0. The number of benzene rings is 1. The second-order valence-electron chi connectivity index (χ2n) is 4.66. The molecule has 0 atom stereocenters. The Labute approximate surface area is 177 Å². The van der Waals surface area contributed by atoms with E-state index >= 15 is 0 Å². The molecule has 3 aromatic rings. The topological polar surface area (TPSA) is 70.3 Å². The normalized spacial score (nSPS) is 10.6. The van der Waals surface area contributed by atoms with E-state index in [0.717, 1.165) is 11.3 Å². The first-order chi connectivity index (χ1) is 10.9. The number of hydrogen-bond donors (Lipinski definition) is 0. The molecule has 0 amide bonds. The number of para-hydroxylation sites is 1. The van der Waals surface area contributed by atoms with Gasteiger partial charge in [-0.2, -0.15) is 0 Å². The molecular weight excluding hydrogens is 406 g/mol. The molecule has 2 heterocycles. The molecule has 24 heavy (non-hydrogen) atoms. The summed E-state index contributed by atoms with van der Waals surface area (Å²) in [5.74, 6) is -1.15. The van der Waals surface area contributed by atoms with Crippen molar-refractivity contribution < 1.29 is 43.9 Å². The molecule has 118 valence electrons. The second kappa shape index (κ2) is 7.79. The Kier molecular flexibility index (Phi) is 6.42. The van der Waals surface area contributed by atoms with Gasteiger partial charge in [-0.3, -0.25) is 4.79 Å². The number of aliphatic carboxylic acids is 1. The minimum atomic E-state index is -1.28. The average molecular weight is 412 g/mol. The third kappa shape index (κ3) is 3.68. The molecule has 1 aromatic carbocycles. The number of carboxylic acid groups (broad SMARTS) is 1. The average Bonchev–Trinajstić information content (AvgIpc) is 2.72. The number of carbonyl (C=O) groups excluding carboxylic acids is 1. The van der Waals surface area contributed by atoms with Gasteiger partial charge in [-0.25, -0.2) is 0 Å². The van der Waals surface area contributed by atoms with Crippen molar-refractivity contribution in [3.05, 3.63) is 53.7 Å². The number of carbonyl (C=O) groups is 1. The summed E-state index contributed by atoms with van der Waals surface area (Å²) in [6, 6.07) is 5.93.